The molecule has 0 spiro atoms. The van der Waals surface area contributed by atoms with Crippen molar-refractivity contribution in [3.8, 4) is 0 Å². The SMILES string of the molecule is Cc1ccc(CCC2COC2)cc1. The highest BCUT2D eigenvalue weighted by molar-refractivity contribution is 5.21. The van der Waals surface area contributed by atoms with E-state index >= 15 is 0 Å². The Hall–Kier alpha value is -0.820. The maximum Gasteiger partial charge on any atom is 0.0516 e. The van der Waals surface area contributed by atoms with Crippen molar-refractivity contribution in [3.63, 3.8) is 0 Å². The second kappa shape index (κ2) is 3.93. The van der Waals surface area contributed by atoms with Crippen LogP contribution in [0, 0.1) is 12.8 Å². The van der Waals surface area contributed by atoms with Gasteiger partial charge in [-0.1, -0.05) is 29.8 Å². The fourth-order valence-electron chi connectivity index (χ4n) is 1.58. The number of hydrogen-bond donors (Lipinski definition) is 0. The average Bonchev–Trinajstić information content (AvgIpc) is 2.05. The molecule has 1 aromatic carbocycles. The highest BCUT2D eigenvalue weighted by atomic mass is 16.5. The van der Waals surface area contributed by atoms with Crippen LogP contribution in [0.25, 0.3) is 0 Å². The summed E-state index contributed by atoms with van der Waals surface area (Å²) in [6.07, 6.45) is 2.48. The predicted molar refractivity (Wildman–Crippen MR) is 53.8 cm³/mol. The summed E-state index contributed by atoms with van der Waals surface area (Å²) >= 11 is 0. The van der Waals surface area contributed by atoms with Gasteiger partial charge in [0.1, 0.15) is 0 Å². The molecule has 0 bridgehead atoms. The van der Waals surface area contributed by atoms with Gasteiger partial charge in [-0.05, 0) is 25.3 Å². The smallest absolute Gasteiger partial charge is 0.0516 e. The van der Waals surface area contributed by atoms with Crippen LogP contribution in [0.4, 0.5) is 0 Å². The average molecular weight is 176 g/mol. The Bertz CT molecular complexity index is 259. The third kappa shape index (κ3) is 2.31. The van der Waals surface area contributed by atoms with E-state index in [1.807, 2.05) is 0 Å². The first-order chi connectivity index (χ1) is 6.34. The molecule has 0 aromatic heterocycles. The lowest BCUT2D eigenvalue weighted by Crippen LogP contribution is -2.27. The van der Waals surface area contributed by atoms with Crippen LogP contribution in [0.2, 0.25) is 0 Å². The molecule has 1 heterocycles. The Morgan fingerprint density at radius 3 is 2.46 bits per heavy atom. The van der Waals surface area contributed by atoms with Gasteiger partial charge in [-0.2, -0.15) is 0 Å². The maximum atomic E-state index is 5.14. The molecule has 0 unspecified atom stereocenters. The molecule has 1 aromatic rings. The number of ether oxygens (including phenoxy) is 1. The van der Waals surface area contributed by atoms with Crippen LogP contribution in [-0.2, 0) is 11.2 Å². The molecule has 1 nitrogen and oxygen atoms in total. The van der Waals surface area contributed by atoms with Gasteiger partial charge < -0.3 is 4.74 Å². The van der Waals surface area contributed by atoms with E-state index in [1.54, 1.807) is 0 Å². The molecule has 0 aliphatic carbocycles. The highest BCUT2D eigenvalue weighted by Crippen LogP contribution is 2.17. The molecule has 0 atom stereocenters. The van der Waals surface area contributed by atoms with Crippen molar-refractivity contribution in [2.24, 2.45) is 5.92 Å². The predicted octanol–water partition coefficient (Wildman–Crippen LogP) is 2.57. The molecule has 1 saturated heterocycles. The minimum Gasteiger partial charge on any atom is -0.381 e. The maximum absolute atomic E-state index is 5.14. The van der Waals surface area contributed by atoms with Crippen molar-refractivity contribution in [2.45, 2.75) is 19.8 Å². The zero-order chi connectivity index (χ0) is 9.10. The zero-order valence-electron chi connectivity index (χ0n) is 8.12. The summed E-state index contributed by atoms with van der Waals surface area (Å²) in [5, 5.41) is 0. The molecule has 1 fully saturated rings. The summed E-state index contributed by atoms with van der Waals surface area (Å²) in [6, 6.07) is 8.84. The van der Waals surface area contributed by atoms with Gasteiger partial charge in [0.05, 0.1) is 13.2 Å². The van der Waals surface area contributed by atoms with Crippen LogP contribution in [0.1, 0.15) is 17.5 Å². The van der Waals surface area contributed by atoms with Crippen molar-refractivity contribution in [1.82, 2.24) is 0 Å². The van der Waals surface area contributed by atoms with E-state index in [-0.39, 0.29) is 0 Å². The van der Waals surface area contributed by atoms with Gasteiger partial charge in [0.2, 0.25) is 0 Å². The van der Waals surface area contributed by atoms with Gasteiger partial charge in [0.15, 0.2) is 0 Å². The topological polar surface area (TPSA) is 9.23 Å². The van der Waals surface area contributed by atoms with Gasteiger partial charge in [0, 0.05) is 5.92 Å². The Morgan fingerprint density at radius 2 is 1.92 bits per heavy atom. The Morgan fingerprint density at radius 1 is 1.23 bits per heavy atom. The molecule has 2 rings (SSSR count). The van der Waals surface area contributed by atoms with Crippen molar-refractivity contribution < 1.29 is 4.74 Å². The second-order valence-electron chi connectivity index (χ2n) is 3.93. The van der Waals surface area contributed by atoms with Crippen LogP contribution in [0.15, 0.2) is 24.3 Å². The molecule has 0 N–H and O–H groups in total. The second-order valence-corrected chi connectivity index (χ2v) is 3.93. The molecule has 1 heteroatoms. The van der Waals surface area contributed by atoms with E-state index in [0.717, 1.165) is 19.1 Å². The van der Waals surface area contributed by atoms with Gasteiger partial charge in [-0.25, -0.2) is 0 Å². The van der Waals surface area contributed by atoms with Crippen molar-refractivity contribution in [2.75, 3.05) is 13.2 Å². The molecule has 1 aliphatic heterocycles. The number of aryl methyl sites for hydroxylation is 2. The highest BCUT2D eigenvalue weighted by Gasteiger charge is 2.17. The van der Waals surface area contributed by atoms with Gasteiger partial charge >= 0.3 is 0 Å². The van der Waals surface area contributed by atoms with Crippen molar-refractivity contribution in [3.05, 3.63) is 35.4 Å². The Labute approximate surface area is 79.7 Å². The molecule has 0 amide bonds. The summed E-state index contributed by atoms with van der Waals surface area (Å²) in [4.78, 5) is 0. The van der Waals surface area contributed by atoms with Gasteiger partial charge in [0.25, 0.3) is 0 Å². The third-order valence-corrected chi connectivity index (χ3v) is 2.67. The minimum absolute atomic E-state index is 0.821. The lowest BCUT2D eigenvalue weighted by atomic mass is 9.98. The quantitative estimate of drug-likeness (QED) is 0.687. The third-order valence-electron chi connectivity index (χ3n) is 2.67. The number of hydrogen-bond acceptors (Lipinski definition) is 1. The van der Waals surface area contributed by atoms with Crippen molar-refractivity contribution >= 4 is 0 Å². The summed E-state index contributed by atoms with van der Waals surface area (Å²) < 4.78 is 5.14. The normalized spacial score (nSPS) is 17.0. The minimum atomic E-state index is 0.821. The lowest BCUT2D eigenvalue weighted by molar-refractivity contribution is -0.0352. The largest absolute Gasteiger partial charge is 0.381 e. The van der Waals surface area contributed by atoms with E-state index in [0.29, 0.717) is 0 Å². The first-order valence-electron chi connectivity index (χ1n) is 4.98. The lowest BCUT2D eigenvalue weighted by Gasteiger charge is -2.25. The van der Waals surface area contributed by atoms with E-state index in [1.165, 1.54) is 24.0 Å². The standard InChI is InChI=1S/C12H16O/c1-10-2-4-11(5-3-10)6-7-12-8-13-9-12/h2-5,12H,6-9H2,1H3. The molecule has 0 radical (unpaired) electrons. The first kappa shape index (κ1) is 8.76. The molecule has 13 heavy (non-hydrogen) atoms. The van der Waals surface area contributed by atoms with Crippen LogP contribution >= 0.6 is 0 Å². The Balaban J connectivity index is 1.83. The summed E-state index contributed by atoms with van der Waals surface area (Å²) in [6.45, 7) is 4.08. The monoisotopic (exact) mass is 176 g/mol. The van der Waals surface area contributed by atoms with Crippen LogP contribution in [0.3, 0.4) is 0 Å². The number of benzene rings is 1. The van der Waals surface area contributed by atoms with E-state index < -0.39 is 0 Å². The van der Waals surface area contributed by atoms with Crippen molar-refractivity contribution in [1.29, 1.82) is 0 Å². The summed E-state index contributed by atoms with van der Waals surface area (Å²) in [5.41, 5.74) is 2.80. The van der Waals surface area contributed by atoms with E-state index in [2.05, 4.69) is 31.2 Å². The van der Waals surface area contributed by atoms with Crippen LogP contribution < -0.4 is 0 Å². The van der Waals surface area contributed by atoms with Crippen LogP contribution in [-0.4, -0.2) is 13.2 Å². The summed E-state index contributed by atoms with van der Waals surface area (Å²) in [5.74, 6) is 0.821. The molecule has 1 aliphatic rings. The molecule has 0 saturated carbocycles. The Kier molecular flexibility index (Phi) is 2.65. The zero-order valence-corrected chi connectivity index (χ0v) is 8.12. The van der Waals surface area contributed by atoms with Crippen LogP contribution in [0.5, 0.6) is 0 Å². The van der Waals surface area contributed by atoms with Gasteiger partial charge in [-0.15, -0.1) is 0 Å². The van der Waals surface area contributed by atoms with E-state index in [4.69, 9.17) is 4.74 Å². The fraction of sp³-hybridized carbons (Fsp3) is 0.500. The summed E-state index contributed by atoms with van der Waals surface area (Å²) in [7, 11) is 0. The fourth-order valence-corrected chi connectivity index (χ4v) is 1.58. The molecular weight excluding hydrogens is 160 g/mol. The molecular formula is C12H16O. The number of rotatable bonds is 3. The van der Waals surface area contributed by atoms with Gasteiger partial charge in [-0.3, -0.25) is 0 Å². The van der Waals surface area contributed by atoms with E-state index in [9.17, 15) is 0 Å². The molecule has 70 valence electrons. The first-order valence-corrected chi connectivity index (χ1v) is 4.98.